The third kappa shape index (κ3) is 3.16. The van der Waals surface area contributed by atoms with Gasteiger partial charge in [-0.25, -0.2) is 0 Å². The molecule has 0 amide bonds. The van der Waals surface area contributed by atoms with E-state index in [1.54, 1.807) is 0 Å². The Morgan fingerprint density at radius 2 is 2.13 bits per heavy atom. The van der Waals surface area contributed by atoms with Crippen LogP contribution in [0, 0.1) is 5.92 Å². The highest BCUT2D eigenvalue weighted by Crippen LogP contribution is 2.26. The first-order chi connectivity index (χ1) is 7.28. The molecule has 1 heterocycles. The maximum absolute atomic E-state index is 5.36. The molecule has 1 saturated heterocycles. The van der Waals surface area contributed by atoms with Gasteiger partial charge in [0, 0.05) is 32.8 Å². The van der Waals surface area contributed by atoms with Gasteiger partial charge in [-0.1, -0.05) is 6.42 Å². The zero-order chi connectivity index (χ0) is 10.7. The van der Waals surface area contributed by atoms with Gasteiger partial charge in [-0.2, -0.15) is 0 Å². The number of methoxy groups -OCH3 is 1. The molecule has 0 bridgehead atoms. The van der Waals surface area contributed by atoms with Crippen LogP contribution in [-0.4, -0.2) is 50.8 Å². The van der Waals surface area contributed by atoms with Crippen molar-refractivity contribution in [1.29, 1.82) is 0 Å². The van der Waals surface area contributed by atoms with Gasteiger partial charge in [0.1, 0.15) is 0 Å². The highest BCUT2D eigenvalue weighted by molar-refractivity contribution is 4.84. The summed E-state index contributed by atoms with van der Waals surface area (Å²) in [5.41, 5.74) is 0. The third-order valence-electron chi connectivity index (χ3n) is 3.84. The molecule has 3 heteroatoms. The van der Waals surface area contributed by atoms with Gasteiger partial charge in [0.2, 0.25) is 0 Å². The van der Waals surface area contributed by atoms with Crippen molar-refractivity contribution in [3.8, 4) is 0 Å². The monoisotopic (exact) mass is 212 g/mol. The summed E-state index contributed by atoms with van der Waals surface area (Å²) in [5, 5.41) is 3.53. The van der Waals surface area contributed by atoms with Crippen molar-refractivity contribution in [3.63, 3.8) is 0 Å². The number of hydrogen-bond donors (Lipinski definition) is 1. The number of hydrogen-bond acceptors (Lipinski definition) is 3. The molecule has 0 spiro atoms. The van der Waals surface area contributed by atoms with Crippen molar-refractivity contribution in [3.05, 3.63) is 0 Å². The number of nitrogens with zero attached hydrogens (tertiary/aromatic N) is 1. The lowest BCUT2D eigenvalue weighted by Crippen LogP contribution is -2.38. The zero-order valence-corrected chi connectivity index (χ0v) is 10.0. The molecule has 1 aliphatic heterocycles. The molecule has 0 aromatic heterocycles. The number of nitrogens with one attached hydrogen (secondary N) is 1. The van der Waals surface area contributed by atoms with E-state index in [0.29, 0.717) is 12.1 Å². The Hall–Kier alpha value is -0.120. The molecule has 0 aromatic carbocycles. The van der Waals surface area contributed by atoms with Crippen molar-refractivity contribution in [2.24, 2.45) is 5.92 Å². The highest BCUT2D eigenvalue weighted by atomic mass is 16.5. The molecular formula is C12H24N2O. The second-order valence-electron chi connectivity index (χ2n) is 5.22. The van der Waals surface area contributed by atoms with Crippen LogP contribution in [0.15, 0.2) is 0 Å². The predicted molar refractivity (Wildman–Crippen MR) is 62.0 cm³/mol. The van der Waals surface area contributed by atoms with Crippen LogP contribution >= 0.6 is 0 Å². The Kier molecular flexibility index (Phi) is 4.00. The molecule has 1 saturated carbocycles. The Bertz CT molecular complexity index is 194. The average Bonchev–Trinajstić information content (AvgIpc) is 2.59. The first-order valence-corrected chi connectivity index (χ1v) is 6.22. The summed E-state index contributed by atoms with van der Waals surface area (Å²) in [4.78, 5) is 2.49. The minimum Gasteiger partial charge on any atom is -0.380 e. The summed E-state index contributed by atoms with van der Waals surface area (Å²) < 4.78 is 5.36. The van der Waals surface area contributed by atoms with Crippen LogP contribution in [-0.2, 0) is 4.74 Å². The molecule has 1 aliphatic carbocycles. The van der Waals surface area contributed by atoms with Crippen molar-refractivity contribution in [1.82, 2.24) is 10.2 Å². The van der Waals surface area contributed by atoms with Crippen LogP contribution in [0.1, 0.15) is 25.7 Å². The van der Waals surface area contributed by atoms with Crippen molar-refractivity contribution >= 4 is 0 Å². The predicted octanol–water partition coefficient (Wildman–Crippen LogP) is 1.10. The lowest BCUT2D eigenvalue weighted by Gasteiger charge is -2.31. The Labute approximate surface area is 93.2 Å². The van der Waals surface area contributed by atoms with Gasteiger partial charge >= 0.3 is 0 Å². The second kappa shape index (κ2) is 5.28. The quantitative estimate of drug-likeness (QED) is 0.738. The minimum absolute atomic E-state index is 0.437. The van der Waals surface area contributed by atoms with E-state index in [4.69, 9.17) is 4.74 Å². The van der Waals surface area contributed by atoms with Crippen LogP contribution in [0.4, 0.5) is 0 Å². The van der Waals surface area contributed by atoms with Gasteiger partial charge in [-0.3, -0.25) is 0 Å². The van der Waals surface area contributed by atoms with Gasteiger partial charge in [0.05, 0.1) is 6.10 Å². The third-order valence-corrected chi connectivity index (χ3v) is 3.84. The van der Waals surface area contributed by atoms with E-state index in [1.165, 1.54) is 38.8 Å². The zero-order valence-electron chi connectivity index (χ0n) is 10.0. The molecule has 2 aliphatic rings. The van der Waals surface area contributed by atoms with E-state index in [1.807, 2.05) is 7.11 Å². The van der Waals surface area contributed by atoms with Crippen LogP contribution in [0.25, 0.3) is 0 Å². The summed E-state index contributed by atoms with van der Waals surface area (Å²) in [5.74, 6) is 0.981. The van der Waals surface area contributed by atoms with E-state index in [9.17, 15) is 0 Å². The van der Waals surface area contributed by atoms with Gasteiger partial charge in [-0.05, 0) is 32.2 Å². The Morgan fingerprint density at radius 1 is 1.33 bits per heavy atom. The summed E-state index contributed by atoms with van der Waals surface area (Å²) in [6.45, 7) is 3.49. The van der Waals surface area contributed by atoms with Crippen molar-refractivity contribution in [2.75, 3.05) is 33.8 Å². The van der Waals surface area contributed by atoms with E-state index >= 15 is 0 Å². The summed E-state index contributed by atoms with van der Waals surface area (Å²) in [6, 6.07) is 0.639. The maximum Gasteiger partial charge on any atom is 0.0711 e. The molecular weight excluding hydrogens is 188 g/mol. The average molecular weight is 212 g/mol. The molecule has 15 heavy (non-hydrogen) atoms. The lowest BCUT2D eigenvalue weighted by atomic mass is 9.85. The summed E-state index contributed by atoms with van der Waals surface area (Å²) >= 11 is 0. The normalized spacial score (nSPS) is 32.2. The van der Waals surface area contributed by atoms with Crippen LogP contribution < -0.4 is 5.32 Å². The molecule has 0 aromatic rings. The first-order valence-electron chi connectivity index (χ1n) is 6.22. The molecule has 2 rings (SSSR count). The van der Waals surface area contributed by atoms with E-state index in [-0.39, 0.29) is 0 Å². The Morgan fingerprint density at radius 3 is 2.67 bits per heavy atom. The fourth-order valence-corrected chi connectivity index (χ4v) is 2.67. The topological polar surface area (TPSA) is 24.5 Å². The summed E-state index contributed by atoms with van der Waals surface area (Å²) in [6.07, 6.45) is 5.95. The SMILES string of the molecule is COC1CNC(CN(C)CC2CCC2)C1. The van der Waals surface area contributed by atoms with E-state index in [2.05, 4.69) is 17.3 Å². The molecule has 88 valence electrons. The van der Waals surface area contributed by atoms with E-state index in [0.717, 1.165) is 12.5 Å². The number of ether oxygens (including phenoxy) is 1. The molecule has 0 radical (unpaired) electrons. The van der Waals surface area contributed by atoms with Gasteiger partial charge in [0.25, 0.3) is 0 Å². The fraction of sp³-hybridized carbons (Fsp3) is 1.00. The lowest BCUT2D eigenvalue weighted by molar-refractivity contribution is 0.115. The molecule has 2 atom stereocenters. The summed E-state index contributed by atoms with van der Waals surface area (Å²) in [7, 11) is 4.06. The molecule has 1 N–H and O–H groups in total. The first kappa shape index (κ1) is 11.4. The molecule has 3 nitrogen and oxygen atoms in total. The fourth-order valence-electron chi connectivity index (χ4n) is 2.67. The maximum atomic E-state index is 5.36. The standard InChI is InChI=1S/C12H24N2O/c1-14(8-10-4-3-5-10)9-11-6-12(15-2)7-13-11/h10-13H,3-9H2,1-2H3. The minimum atomic E-state index is 0.437. The van der Waals surface area contributed by atoms with E-state index < -0.39 is 0 Å². The van der Waals surface area contributed by atoms with Crippen LogP contribution in [0.3, 0.4) is 0 Å². The number of likely N-dealkylation sites (N-methyl/N-ethyl adjacent to an activating group) is 1. The number of rotatable bonds is 5. The smallest absolute Gasteiger partial charge is 0.0711 e. The highest BCUT2D eigenvalue weighted by Gasteiger charge is 2.26. The van der Waals surface area contributed by atoms with Gasteiger partial charge < -0.3 is 15.0 Å². The largest absolute Gasteiger partial charge is 0.380 e. The van der Waals surface area contributed by atoms with Gasteiger partial charge in [-0.15, -0.1) is 0 Å². The van der Waals surface area contributed by atoms with Crippen LogP contribution in [0.2, 0.25) is 0 Å². The van der Waals surface area contributed by atoms with Crippen molar-refractivity contribution in [2.45, 2.75) is 37.8 Å². The van der Waals surface area contributed by atoms with Gasteiger partial charge in [0.15, 0.2) is 0 Å². The molecule has 2 fully saturated rings. The Balaban J connectivity index is 1.63. The van der Waals surface area contributed by atoms with Crippen molar-refractivity contribution < 1.29 is 4.74 Å². The van der Waals surface area contributed by atoms with Crippen LogP contribution in [0.5, 0.6) is 0 Å². The second-order valence-corrected chi connectivity index (χ2v) is 5.22. The molecule has 2 unspecified atom stereocenters.